The van der Waals surface area contributed by atoms with Crippen molar-refractivity contribution in [2.24, 2.45) is 11.8 Å². The molecule has 1 N–H and O–H groups in total. The summed E-state index contributed by atoms with van der Waals surface area (Å²) in [6.45, 7) is 3.34. The molecule has 9 heteroatoms. The minimum absolute atomic E-state index is 0.248. The normalized spacial score (nSPS) is 21.6. The third-order valence-corrected chi connectivity index (χ3v) is 8.92. The topological polar surface area (TPSA) is 119 Å². The van der Waals surface area contributed by atoms with Crippen LogP contribution in [0.25, 0.3) is 0 Å². The van der Waals surface area contributed by atoms with E-state index in [0.717, 1.165) is 33.6 Å². The fourth-order valence-electron chi connectivity index (χ4n) is 7.09. The smallest absolute Gasteiger partial charge is 0.338 e. The van der Waals surface area contributed by atoms with Crippen LogP contribution in [0.15, 0.2) is 72.8 Å². The van der Waals surface area contributed by atoms with Crippen LogP contribution in [-0.4, -0.2) is 53.8 Å². The number of amides is 3. The van der Waals surface area contributed by atoms with Gasteiger partial charge in [-0.15, -0.1) is 0 Å². The zero-order valence-corrected chi connectivity index (χ0v) is 24.7. The Morgan fingerprint density at radius 2 is 1.30 bits per heavy atom. The third kappa shape index (κ3) is 4.96. The maximum Gasteiger partial charge on any atom is 0.338 e. The number of unbranched alkanes of at least 4 members (excludes halogenated alkanes) is 1. The van der Waals surface area contributed by atoms with Crippen LogP contribution in [0, 0.1) is 11.8 Å². The van der Waals surface area contributed by atoms with E-state index in [1.807, 2.05) is 55.5 Å². The van der Waals surface area contributed by atoms with Crippen molar-refractivity contribution in [1.29, 1.82) is 0 Å². The minimum atomic E-state index is -1.12. The lowest BCUT2D eigenvalue weighted by Gasteiger charge is -2.45. The van der Waals surface area contributed by atoms with Crippen LogP contribution >= 0.6 is 0 Å². The Morgan fingerprint density at radius 3 is 1.77 bits per heavy atom. The molecule has 1 aliphatic heterocycles. The second-order valence-corrected chi connectivity index (χ2v) is 11.4. The number of imide groups is 1. The average Bonchev–Trinajstić information content (AvgIpc) is 3.30. The van der Waals surface area contributed by atoms with Gasteiger partial charge in [-0.1, -0.05) is 68.3 Å². The van der Waals surface area contributed by atoms with Gasteiger partial charge in [0.1, 0.15) is 6.04 Å². The molecule has 9 nitrogen and oxygen atoms in total. The highest BCUT2D eigenvalue weighted by molar-refractivity contribution is 6.10. The molecule has 1 saturated heterocycles. The lowest BCUT2D eigenvalue weighted by molar-refractivity contribution is -0.160. The lowest BCUT2D eigenvalue weighted by atomic mass is 9.55. The van der Waals surface area contributed by atoms with E-state index in [0.29, 0.717) is 17.7 Å². The summed E-state index contributed by atoms with van der Waals surface area (Å²) in [6, 6.07) is 21.0. The molecule has 2 bridgehead atoms. The van der Waals surface area contributed by atoms with Crippen molar-refractivity contribution in [2.45, 2.75) is 51.0 Å². The summed E-state index contributed by atoms with van der Waals surface area (Å²) in [5.74, 6) is -4.31. The number of carbonyl (C=O) groups is 5. The number of rotatable bonds is 10. The Hall–Kier alpha value is -4.79. The second kappa shape index (κ2) is 12.1. The number of hydrogen-bond donors (Lipinski definition) is 1. The van der Waals surface area contributed by atoms with Gasteiger partial charge in [0.15, 0.2) is 6.61 Å². The van der Waals surface area contributed by atoms with Gasteiger partial charge in [-0.3, -0.25) is 19.3 Å². The number of hydrogen-bond acceptors (Lipinski definition) is 7. The van der Waals surface area contributed by atoms with Crippen LogP contribution in [0.2, 0.25) is 0 Å². The number of likely N-dealkylation sites (tertiary alicyclic amines) is 1. The standard InChI is InChI=1S/C35H34N2O7/c1-3-5-14-26(35(42)44-19-27(38)36-21-17-15-20(16-18-21)34(41)43-4-2)37-32(39)30-28-22-10-6-7-11-23(22)29(31(30)33(37)40)25-13-9-8-12-24(25)28/h6-13,15-18,26,28-31H,3-5,14,19H2,1-2H3,(H,36,38)/t26-,28?,29?,30-,31+/m0/s1. The highest BCUT2D eigenvalue weighted by atomic mass is 16.5. The second-order valence-electron chi connectivity index (χ2n) is 11.4. The van der Waals surface area contributed by atoms with Crippen molar-refractivity contribution in [3.63, 3.8) is 0 Å². The molecule has 3 aromatic carbocycles. The highest BCUT2D eigenvalue weighted by Crippen LogP contribution is 2.61. The third-order valence-electron chi connectivity index (χ3n) is 8.92. The van der Waals surface area contributed by atoms with Gasteiger partial charge in [-0.2, -0.15) is 0 Å². The number of carbonyl (C=O) groups excluding carboxylic acids is 5. The first-order valence-corrected chi connectivity index (χ1v) is 15.1. The van der Waals surface area contributed by atoms with E-state index in [-0.39, 0.29) is 36.7 Å². The Labute approximate surface area is 255 Å². The first-order chi connectivity index (χ1) is 21.3. The Bertz CT molecular complexity index is 1520. The van der Waals surface area contributed by atoms with Crippen molar-refractivity contribution < 1.29 is 33.4 Å². The molecule has 0 spiro atoms. The van der Waals surface area contributed by atoms with Crippen molar-refractivity contribution >= 4 is 35.3 Å². The van der Waals surface area contributed by atoms with Gasteiger partial charge >= 0.3 is 11.9 Å². The lowest BCUT2D eigenvalue weighted by Crippen LogP contribution is -2.47. The molecule has 3 aliphatic carbocycles. The number of anilines is 1. The fourth-order valence-corrected chi connectivity index (χ4v) is 7.09. The largest absolute Gasteiger partial charge is 0.462 e. The van der Waals surface area contributed by atoms with E-state index in [2.05, 4.69) is 5.32 Å². The molecular formula is C35H34N2O7. The molecular weight excluding hydrogens is 560 g/mol. The van der Waals surface area contributed by atoms with E-state index in [1.54, 1.807) is 19.1 Å². The number of nitrogens with zero attached hydrogens (tertiary/aromatic N) is 1. The average molecular weight is 595 g/mol. The number of benzene rings is 3. The van der Waals surface area contributed by atoms with Gasteiger partial charge in [0.05, 0.1) is 24.0 Å². The van der Waals surface area contributed by atoms with E-state index in [4.69, 9.17) is 9.47 Å². The summed E-state index contributed by atoms with van der Waals surface area (Å²) in [6.07, 6.45) is 1.59. The van der Waals surface area contributed by atoms with E-state index in [9.17, 15) is 24.0 Å². The summed E-state index contributed by atoms with van der Waals surface area (Å²) < 4.78 is 10.4. The van der Waals surface area contributed by atoms with Crippen LogP contribution in [-0.2, 0) is 28.7 Å². The summed E-state index contributed by atoms with van der Waals surface area (Å²) in [4.78, 5) is 67.4. The maximum absolute atomic E-state index is 14.1. The summed E-state index contributed by atoms with van der Waals surface area (Å²) in [5, 5.41) is 2.63. The van der Waals surface area contributed by atoms with Crippen LogP contribution < -0.4 is 5.32 Å². The summed E-state index contributed by atoms with van der Waals surface area (Å²) >= 11 is 0. The quantitative estimate of drug-likeness (QED) is 0.265. The number of ether oxygens (including phenoxy) is 2. The molecule has 7 rings (SSSR count). The molecule has 0 radical (unpaired) electrons. The van der Waals surface area contributed by atoms with E-state index in [1.165, 1.54) is 12.1 Å². The Balaban J connectivity index is 1.19. The predicted molar refractivity (Wildman–Crippen MR) is 161 cm³/mol. The molecule has 3 amide bonds. The van der Waals surface area contributed by atoms with Gasteiger partial charge in [0, 0.05) is 17.5 Å². The highest BCUT2D eigenvalue weighted by Gasteiger charge is 2.63. The van der Waals surface area contributed by atoms with Crippen molar-refractivity contribution in [1.82, 2.24) is 4.90 Å². The van der Waals surface area contributed by atoms with Crippen LogP contribution in [0.5, 0.6) is 0 Å². The number of nitrogens with one attached hydrogen (secondary N) is 1. The zero-order chi connectivity index (χ0) is 31.0. The zero-order valence-electron chi connectivity index (χ0n) is 24.7. The van der Waals surface area contributed by atoms with E-state index < -0.39 is 42.3 Å². The molecule has 1 fully saturated rings. The molecule has 226 valence electrons. The molecule has 44 heavy (non-hydrogen) atoms. The van der Waals surface area contributed by atoms with Gasteiger partial charge < -0.3 is 14.8 Å². The molecule has 4 aliphatic rings. The Morgan fingerprint density at radius 1 is 0.773 bits per heavy atom. The number of esters is 2. The SMILES string of the molecule is CCCC[C@@H](C(=O)OCC(=O)Nc1ccc(C(=O)OCC)cc1)N1C(=O)[C@@H]2C3c4ccccc4C(c4ccccc43)[C@@H]2C1=O. The van der Waals surface area contributed by atoms with Gasteiger partial charge in [0.2, 0.25) is 11.8 Å². The first kappa shape index (κ1) is 29.3. The van der Waals surface area contributed by atoms with Crippen molar-refractivity contribution in [3.05, 3.63) is 101 Å². The van der Waals surface area contributed by atoms with Crippen molar-refractivity contribution in [3.8, 4) is 0 Å². The van der Waals surface area contributed by atoms with Crippen molar-refractivity contribution in [2.75, 3.05) is 18.5 Å². The van der Waals surface area contributed by atoms with Gasteiger partial charge in [-0.05, 0) is 59.9 Å². The fraction of sp³-hybridized carbons (Fsp3) is 0.343. The monoisotopic (exact) mass is 594 g/mol. The molecule has 3 atom stereocenters. The first-order valence-electron chi connectivity index (χ1n) is 15.1. The molecule has 0 unspecified atom stereocenters. The van der Waals surface area contributed by atoms with Crippen LogP contribution in [0.1, 0.15) is 77.6 Å². The summed E-state index contributed by atoms with van der Waals surface area (Å²) in [7, 11) is 0. The predicted octanol–water partition coefficient (Wildman–Crippen LogP) is 4.80. The molecule has 0 aromatic heterocycles. The molecule has 3 aromatic rings. The van der Waals surface area contributed by atoms with E-state index >= 15 is 0 Å². The van der Waals surface area contributed by atoms with Crippen LogP contribution in [0.4, 0.5) is 5.69 Å². The minimum Gasteiger partial charge on any atom is -0.462 e. The van der Waals surface area contributed by atoms with Gasteiger partial charge in [-0.25, -0.2) is 9.59 Å². The maximum atomic E-state index is 14.1. The van der Waals surface area contributed by atoms with Gasteiger partial charge in [0.25, 0.3) is 5.91 Å². The molecule has 0 saturated carbocycles. The molecule has 1 heterocycles. The Kier molecular flexibility index (Phi) is 8.03. The van der Waals surface area contributed by atoms with Crippen LogP contribution in [0.3, 0.4) is 0 Å². The summed E-state index contributed by atoms with van der Waals surface area (Å²) in [5.41, 5.74) is 4.97.